The maximum Gasteiger partial charge on any atom is 0.328 e. The largest absolute Gasteiger partial charge is 0.393 e. The van der Waals surface area contributed by atoms with E-state index in [9.17, 15) is 14.4 Å². The summed E-state index contributed by atoms with van der Waals surface area (Å²) in [6.07, 6.45) is 1.77. The zero-order valence-corrected chi connectivity index (χ0v) is 22.4. The molecular weight excluding hydrogens is 510 g/mol. The zero-order chi connectivity index (χ0) is 27.0. The number of piperazine rings is 1. The fraction of sp³-hybridized carbons (Fsp3) is 0.500. The minimum Gasteiger partial charge on any atom is -0.393 e. The van der Waals surface area contributed by atoms with Crippen LogP contribution in [0.4, 0.5) is 17.3 Å². The summed E-state index contributed by atoms with van der Waals surface area (Å²) in [6, 6.07) is 7.62. The predicted molar refractivity (Wildman–Crippen MR) is 144 cm³/mol. The molecule has 11 nitrogen and oxygen atoms in total. The molecule has 2 N–H and O–H groups in total. The smallest absolute Gasteiger partial charge is 0.328 e. The fourth-order valence-corrected chi connectivity index (χ4v) is 5.78. The first-order valence-electron chi connectivity index (χ1n) is 12.8. The van der Waals surface area contributed by atoms with Crippen molar-refractivity contribution in [2.24, 2.45) is 0 Å². The standard InChI is InChI=1S/C26H32ClN7O4/c1-15(2)28-10-20(16-4-6-17(27)7-5-16)25(37)34-18-8-9-19(34)12-33(11-18)24-22-23(29-21(36)13-32(22)3)30-26(31-24)38-14-35/h4-7,14-15,18-20,28H,8-13H2,1-3H3,(H,29,30,31,36)/t18?,19?,20-/m1/s1. The molecular formula is C26H32ClN7O4. The number of ether oxygens (including phenoxy) is 1. The molecule has 2 aromatic rings. The first kappa shape index (κ1) is 26.2. The van der Waals surface area contributed by atoms with Gasteiger partial charge in [0.05, 0.1) is 12.5 Å². The normalized spacial score (nSPS) is 21.3. The van der Waals surface area contributed by atoms with Gasteiger partial charge in [0.15, 0.2) is 11.6 Å². The molecule has 2 bridgehead atoms. The zero-order valence-electron chi connectivity index (χ0n) is 21.7. The number of hydrogen-bond acceptors (Lipinski definition) is 9. The third kappa shape index (κ3) is 5.12. The van der Waals surface area contributed by atoms with E-state index in [4.69, 9.17) is 16.3 Å². The van der Waals surface area contributed by atoms with Crippen molar-refractivity contribution in [2.45, 2.75) is 50.7 Å². The summed E-state index contributed by atoms with van der Waals surface area (Å²) in [5, 5.41) is 6.83. The van der Waals surface area contributed by atoms with E-state index < -0.39 is 0 Å². The van der Waals surface area contributed by atoms with Crippen LogP contribution in [0.25, 0.3) is 0 Å². The topological polar surface area (TPSA) is 120 Å². The van der Waals surface area contributed by atoms with Gasteiger partial charge < -0.3 is 30.1 Å². The van der Waals surface area contributed by atoms with Gasteiger partial charge >= 0.3 is 12.5 Å². The Labute approximate surface area is 226 Å². The van der Waals surface area contributed by atoms with Crippen molar-refractivity contribution in [3.05, 3.63) is 34.9 Å². The van der Waals surface area contributed by atoms with Crippen molar-refractivity contribution >= 4 is 47.2 Å². The molecule has 2 unspecified atom stereocenters. The molecule has 0 spiro atoms. The lowest BCUT2D eigenvalue weighted by Gasteiger charge is -2.44. The van der Waals surface area contributed by atoms with Crippen molar-refractivity contribution in [2.75, 3.05) is 48.3 Å². The summed E-state index contributed by atoms with van der Waals surface area (Å²) in [5.41, 5.74) is 1.61. The molecule has 0 radical (unpaired) electrons. The number of hydrogen-bond donors (Lipinski definition) is 2. The molecule has 3 aliphatic rings. The lowest BCUT2D eigenvalue weighted by Crippen LogP contribution is -2.58. The number of nitrogens with zero attached hydrogens (tertiary/aromatic N) is 5. The van der Waals surface area contributed by atoms with Gasteiger partial charge in [-0.05, 0) is 30.5 Å². The van der Waals surface area contributed by atoms with Gasteiger partial charge in [-0.15, -0.1) is 0 Å². The Balaban J connectivity index is 1.42. The van der Waals surface area contributed by atoms with Crippen LogP contribution in [0.2, 0.25) is 5.02 Å². The van der Waals surface area contributed by atoms with Crippen LogP contribution in [0.15, 0.2) is 24.3 Å². The van der Waals surface area contributed by atoms with E-state index in [1.807, 2.05) is 24.3 Å². The highest BCUT2D eigenvalue weighted by atomic mass is 35.5. The molecule has 4 heterocycles. The van der Waals surface area contributed by atoms with Crippen LogP contribution in [-0.2, 0) is 14.4 Å². The lowest BCUT2D eigenvalue weighted by molar-refractivity contribution is -0.136. The molecule has 3 aliphatic heterocycles. The molecule has 2 saturated heterocycles. The highest BCUT2D eigenvalue weighted by molar-refractivity contribution is 6.30. The maximum atomic E-state index is 14.1. The molecule has 2 fully saturated rings. The quantitative estimate of drug-likeness (QED) is 0.483. The van der Waals surface area contributed by atoms with E-state index in [1.54, 1.807) is 11.9 Å². The lowest BCUT2D eigenvalue weighted by atomic mass is 9.95. The molecule has 202 valence electrons. The minimum absolute atomic E-state index is 0.000331. The molecule has 0 saturated carbocycles. The Morgan fingerprint density at radius 3 is 2.53 bits per heavy atom. The molecule has 38 heavy (non-hydrogen) atoms. The van der Waals surface area contributed by atoms with Gasteiger partial charge in [0.2, 0.25) is 11.8 Å². The first-order valence-corrected chi connectivity index (χ1v) is 13.2. The van der Waals surface area contributed by atoms with Gasteiger partial charge in [-0.25, -0.2) is 0 Å². The fourth-order valence-electron chi connectivity index (χ4n) is 5.66. The average Bonchev–Trinajstić information content (AvgIpc) is 3.13. The number of rotatable bonds is 8. The Hall–Kier alpha value is -3.44. The second-order valence-corrected chi connectivity index (χ2v) is 10.8. The number of carbonyl (C=O) groups is 3. The van der Waals surface area contributed by atoms with E-state index in [1.165, 1.54) is 0 Å². The van der Waals surface area contributed by atoms with Crippen LogP contribution in [-0.4, -0.2) is 84.5 Å². The van der Waals surface area contributed by atoms with Gasteiger partial charge in [0.25, 0.3) is 0 Å². The van der Waals surface area contributed by atoms with Gasteiger partial charge in [-0.1, -0.05) is 37.6 Å². The number of benzene rings is 1. The van der Waals surface area contributed by atoms with Crippen LogP contribution in [0.1, 0.15) is 38.2 Å². The maximum absolute atomic E-state index is 14.1. The third-order valence-electron chi connectivity index (χ3n) is 7.36. The van der Waals surface area contributed by atoms with E-state index in [0.29, 0.717) is 42.0 Å². The second kappa shape index (κ2) is 10.7. The summed E-state index contributed by atoms with van der Waals surface area (Å²) < 4.78 is 4.96. The highest BCUT2D eigenvalue weighted by Crippen LogP contribution is 2.41. The Bertz CT molecular complexity index is 1210. The number of likely N-dealkylation sites (N-methyl/N-ethyl adjacent to an activating group) is 1. The van der Waals surface area contributed by atoms with Gasteiger partial charge in [0.1, 0.15) is 5.69 Å². The van der Waals surface area contributed by atoms with Crippen molar-refractivity contribution in [1.29, 1.82) is 0 Å². The number of halogens is 1. The van der Waals surface area contributed by atoms with Crippen molar-refractivity contribution in [3.8, 4) is 6.01 Å². The summed E-state index contributed by atoms with van der Waals surface area (Å²) in [4.78, 5) is 51.9. The number of carbonyl (C=O) groups excluding carboxylic acids is 3. The third-order valence-corrected chi connectivity index (χ3v) is 7.61. The number of amides is 2. The summed E-state index contributed by atoms with van der Waals surface area (Å²) in [6.45, 7) is 6.23. The van der Waals surface area contributed by atoms with E-state index >= 15 is 0 Å². The molecule has 0 aliphatic carbocycles. The van der Waals surface area contributed by atoms with Crippen LogP contribution in [0, 0.1) is 0 Å². The predicted octanol–water partition coefficient (Wildman–Crippen LogP) is 2.01. The monoisotopic (exact) mass is 541 g/mol. The van der Waals surface area contributed by atoms with Crippen LogP contribution in [0.3, 0.4) is 0 Å². The number of nitrogens with one attached hydrogen (secondary N) is 2. The Morgan fingerprint density at radius 2 is 1.89 bits per heavy atom. The van der Waals surface area contributed by atoms with Gasteiger partial charge in [-0.3, -0.25) is 14.4 Å². The molecule has 1 aromatic heterocycles. The summed E-state index contributed by atoms with van der Waals surface area (Å²) in [5.74, 6) is 0.449. The van der Waals surface area contributed by atoms with E-state index in [0.717, 1.165) is 18.4 Å². The number of anilines is 3. The van der Waals surface area contributed by atoms with Gasteiger partial charge in [-0.2, -0.15) is 9.97 Å². The highest BCUT2D eigenvalue weighted by Gasteiger charge is 2.46. The van der Waals surface area contributed by atoms with Gasteiger partial charge in [0, 0.05) is 49.8 Å². The SMILES string of the molecule is CC(C)NC[C@@H](C(=O)N1C2CCC1CN(c1nc(OC=O)nc3c1N(C)CC(=O)N3)C2)c1ccc(Cl)cc1. The van der Waals surface area contributed by atoms with Crippen LogP contribution in [0.5, 0.6) is 6.01 Å². The first-order chi connectivity index (χ1) is 18.2. The Kier molecular flexibility index (Phi) is 7.40. The van der Waals surface area contributed by atoms with E-state index in [-0.39, 0.29) is 54.9 Å². The van der Waals surface area contributed by atoms with Crippen LogP contribution < -0.4 is 25.2 Å². The molecule has 1 aromatic carbocycles. The number of aromatic nitrogens is 2. The second-order valence-electron chi connectivity index (χ2n) is 10.3. The molecule has 2 amide bonds. The van der Waals surface area contributed by atoms with Crippen LogP contribution >= 0.6 is 11.6 Å². The summed E-state index contributed by atoms with van der Waals surface area (Å²) >= 11 is 6.12. The molecule has 5 rings (SSSR count). The van der Waals surface area contributed by atoms with Crippen molar-refractivity contribution < 1.29 is 19.1 Å². The number of fused-ring (bicyclic) bond motifs is 3. The average molecular weight is 542 g/mol. The minimum atomic E-state index is -0.329. The Morgan fingerprint density at radius 1 is 1.21 bits per heavy atom. The van der Waals surface area contributed by atoms with Crippen molar-refractivity contribution in [1.82, 2.24) is 20.2 Å². The van der Waals surface area contributed by atoms with E-state index in [2.05, 4.69) is 44.2 Å². The van der Waals surface area contributed by atoms with Crippen molar-refractivity contribution in [3.63, 3.8) is 0 Å². The summed E-state index contributed by atoms with van der Waals surface area (Å²) in [7, 11) is 1.80. The molecule has 3 atom stereocenters. The molecule has 12 heteroatoms.